The third kappa shape index (κ3) is 4.29. The van der Waals surface area contributed by atoms with E-state index in [1.165, 1.54) is 16.7 Å². The molecule has 0 saturated heterocycles. The van der Waals surface area contributed by atoms with Crippen molar-refractivity contribution in [2.24, 2.45) is 5.92 Å². The fourth-order valence-electron chi connectivity index (χ4n) is 2.39. The van der Waals surface area contributed by atoms with Crippen LogP contribution in [0.3, 0.4) is 0 Å². The minimum Gasteiger partial charge on any atom is -0.295 e. The molecule has 0 amide bonds. The van der Waals surface area contributed by atoms with Gasteiger partial charge in [0.1, 0.15) is 0 Å². The van der Waals surface area contributed by atoms with Gasteiger partial charge in [0.05, 0.1) is 0 Å². The third-order valence-electron chi connectivity index (χ3n) is 3.67. The number of ketones is 1. The second kappa shape index (κ2) is 6.72. The first-order chi connectivity index (χ1) is 8.41. The molecule has 0 radical (unpaired) electrons. The number of hydrogen-bond acceptors (Lipinski definition) is 1. The third-order valence-corrected chi connectivity index (χ3v) is 3.67. The Morgan fingerprint density at radius 2 is 1.78 bits per heavy atom. The first-order valence-electron chi connectivity index (χ1n) is 6.91. The number of Topliss-reactive ketones (excluding diaryl/α,β-unsaturated/α-hetero) is 1. The standard InChI is InChI=1S/C17H26O/c1-12(2)6-8-15-9-11-17(18)16(14(15)5)10-7-13(3)4/h6-7,15H,8-11H2,1-5H3/t15-/m1/s1. The van der Waals surface area contributed by atoms with E-state index in [1.54, 1.807) is 0 Å². The van der Waals surface area contributed by atoms with Gasteiger partial charge in [-0.15, -0.1) is 0 Å². The van der Waals surface area contributed by atoms with Crippen LogP contribution < -0.4 is 0 Å². The highest BCUT2D eigenvalue weighted by Crippen LogP contribution is 2.32. The number of rotatable bonds is 4. The molecule has 0 heterocycles. The van der Waals surface area contributed by atoms with Crippen molar-refractivity contribution in [1.29, 1.82) is 0 Å². The molecule has 0 aliphatic heterocycles. The largest absolute Gasteiger partial charge is 0.295 e. The van der Waals surface area contributed by atoms with E-state index in [0.29, 0.717) is 11.7 Å². The Morgan fingerprint density at radius 1 is 1.17 bits per heavy atom. The Hall–Kier alpha value is -1.11. The van der Waals surface area contributed by atoms with Crippen LogP contribution in [-0.2, 0) is 4.79 Å². The predicted octanol–water partition coefficient (Wildman–Crippen LogP) is 4.99. The Balaban J connectivity index is 2.87. The molecule has 0 aromatic carbocycles. The number of carbonyl (C=O) groups is 1. The lowest BCUT2D eigenvalue weighted by atomic mass is 9.79. The Morgan fingerprint density at radius 3 is 2.33 bits per heavy atom. The van der Waals surface area contributed by atoms with Gasteiger partial charge in [0, 0.05) is 6.42 Å². The predicted molar refractivity (Wildman–Crippen MR) is 78.5 cm³/mol. The highest BCUT2D eigenvalue weighted by atomic mass is 16.1. The molecule has 0 spiro atoms. The molecule has 1 rings (SSSR count). The van der Waals surface area contributed by atoms with Gasteiger partial charge in [-0.05, 0) is 65.4 Å². The van der Waals surface area contributed by atoms with E-state index in [2.05, 4.69) is 46.8 Å². The molecule has 0 fully saturated rings. The minimum absolute atomic E-state index is 0.360. The van der Waals surface area contributed by atoms with Crippen molar-refractivity contribution in [3.63, 3.8) is 0 Å². The van der Waals surface area contributed by atoms with Crippen molar-refractivity contribution in [1.82, 2.24) is 0 Å². The second-order valence-electron chi connectivity index (χ2n) is 5.82. The summed E-state index contributed by atoms with van der Waals surface area (Å²) in [6.45, 7) is 10.6. The fourth-order valence-corrected chi connectivity index (χ4v) is 2.39. The molecule has 0 N–H and O–H groups in total. The molecule has 0 saturated carbocycles. The van der Waals surface area contributed by atoms with Gasteiger partial charge in [-0.3, -0.25) is 4.79 Å². The summed E-state index contributed by atoms with van der Waals surface area (Å²) in [5, 5.41) is 0. The summed E-state index contributed by atoms with van der Waals surface area (Å²) >= 11 is 0. The number of allylic oxidation sites excluding steroid dienone is 6. The van der Waals surface area contributed by atoms with Crippen LogP contribution in [0.2, 0.25) is 0 Å². The van der Waals surface area contributed by atoms with Gasteiger partial charge in [-0.1, -0.05) is 28.9 Å². The first kappa shape index (κ1) is 14.9. The lowest BCUT2D eigenvalue weighted by molar-refractivity contribution is -0.116. The molecular formula is C17H26O. The van der Waals surface area contributed by atoms with Crippen molar-refractivity contribution in [3.05, 3.63) is 34.4 Å². The van der Waals surface area contributed by atoms with Crippen LogP contribution in [0.5, 0.6) is 0 Å². The maximum Gasteiger partial charge on any atom is 0.159 e. The zero-order valence-electron chi connectivity index (χ0n) is 12.5. The number of carbonyl (C=O) groups excluding carboxylic acids is 1. The maximum atomic E-state index is 12.0. The SMILES string of the molecule is CC(C)=CCC1=C(C)[C@H](CC=C(C)C)CCC1=O. The summed E-state index contributed by atoms with van der Waals surface area (Å²) in [7, 11) is 0. The molecule has 0 aromatic heterocycles. The van der Waals surface area contributed by atoms with Crippen LogP contribution in [0.15, 0.2) is 34.4 Å². The van der Waals surface area contributed by atoms with Crippen LogP contribution in [0.4, 0.5) is 0 Å². The van der Waals surface area contributed by atoms with E-state index in [4.69, 9.17) is 0 Å². The van der Waals surface area contributed by atoms with Gasteiger partial charge >= 0.3 is 0 Å². The van der Waals surface area contributed by atoms with Crippen molar-refractivity contribution < 1.29 is 4.79 Å². The fraction of sp³-hybridized carbons (Fsp3) is 0.588. The van der Waals surface area contributed by atoms with E-state index >= 15 is 0 Å². The summed E-state index contributed by atoms with van der Waals surface area (Å²) in [6.07, 6.45) is 8.11. The molecule has 0 bridgehead atoms. The zero-order chi connectivity index (χ0) is 13.7. The molecule has 1 aliphatic carbocycles. The molecule has 100 valence electrons. The minimum atomic E-state index is 0.360. The van der Waals surface area contributed by atoms with Crippen molar-refractivity contribution >= 4 is 5.78 Å². The van der Waals surface area contributed by atoms with Crippen LogP contribution >= 0.6 is 0 Å². The summed E-state index contributed by atoms with van der Waals surface area (Å²) < 4.78 is 0. The molecule has 0 unspecified atom stereocenters. The second-order valence-corrected chi connectivity index (χ2v) is 5.82. The van der Waals surface area contributed by atoms with Gasteiger partial charge in [0.2, 0.25) is 0 Å². The van der Waals surface area contributed by atoms with Gasteiger partial charge < -0.3 is 0 Å². The van der Waals surface area contributed by atoms with Gasteiger partial charge in [0.25, 0.3) is 0 Å². The lowest BCUT2D eigenvalue weighted by Gasteiger charge is -2.24. The van der Waals surface area contributed by atoms with Crippen molar-refractivity contribution in [2.75, 3.05) is 0 Å². The van der Waals surface area contributed by atoms with Gasteiger partial charge in [-0.25, -0.2) is 0 Å². The highest BCUT2D eigenvalue weighted by molar-refractivity contribution is 5.97. The summed E-state index contributed by atoms with van der Waals surface area (Å²) in [4.78, 5) is 12.0. The Labute approximate surface area is 112 Å². The monoisotopic (exact) mass is 246 g/mol. The highest BCUT2D eigenvalue weighted by Gasteiger charge is 2.24. The molecule has 1 atom stereocenters. The molecule has 1 heteroatoms. The zero-order valence-corrected chi connectivity index (χ0v) is 12.5. The molecule has 0 aromatic rings. The van der Waals surface area contributed by atoms with Gasteiger partial charge in [-0.2, -0.15) is 0 Å². The molecule has 18 heavy (non-hydrogen) atoms. The summed E-state index contributed by atoms with van der Waals surface area (Å²) in [5.74, 6) is 0.927. The van der Waals surface area contributed by atoms with Crippen LogP contribution in [0.1, 0.15) is 60.3 Å². The normalized spacial score (nSPS) is 19.8. The Bertz CT molecular complexity index is 399. The number of hydrogen-bond donors (Lipinski definition) is 0. The van der Waals surface area contributed by atoms with E-state index in [-0.39, 0.29) is 0 Å². The first-order valence-corrected chi connectivity index (χ1v) is 6.91. The van der Waals surface area contributed by atoms with Crippen molar-refractivity contribution in [3.8, 4) is 0 Å². The molecule has 1 nitrogen and oxygen atoms in total. The van der Waals surface area contributed by atoms with E-state index in [1.807, 2.05) is 0 Å². The summed E-state index contributed by atoms with van der Waals surface area (Å²) in [5.41, 5.74) is 5.04. The van der Waals surface area contributed by atoms with Crippen LogP contribution in [0, 0.1) is 5.92 Å². The van der Waals surface area contributed by atoms with Crippen LogP contribution in [0.25, 0.3) is 0 Å². The van der Waals surface area contributed by atoms with E-state index < -0.39 is 0 Å². The van der Waals surface area contributed by atoms with E-state index in [0.717, 1.165) is 31.3 Å². The van der Waals surface area contributed by atoms with Crippen molar-refractivity contribution in [2.45, 2.75) is 60.3 Å². The molecular weight excluding hydrogens is 220 g/mol. The average molecular weight is 246 g/mol. The average Bonchev–Trinajstić information content (AvgIpc) is 2.27. The maximum absolute atomic E-state index is 12.0. The quantitative estimate of drug-likeness (QED) is 0.638. The van der Waals surface area contributed by atoms with Gasteiger partial charge in [0.15, 0.2) is 5.78 Å². The van der Waals surface area contributed by atoms with E-state index in [9.17, 15) is 4.79 Å². The van der Waals surface area contributed by atoms with Crippen LogP contribution in [-0.4, -0.2) is 5.78 Å². The topological polar surface area (TPSA) is 17.1 Å². The summed E-state index contributed by atoms with van der Waals surface area (Å²) in [6, 6.07) is 0. The lowest BCUT2D eigenvalue weighted by Crippen LogP contribution is -2.18. The molecule has 1 aliphatic rings. The smallest absolute Gasteiger partial charge is 0.159 e. The Kier molecular flexibility index (Phi) is 5.58.